The minimum Gasteiger partial charge on any atom is -0.497 e. The summed E-state index contributed by atoms with van der Waals surface area (Å²) in [6, 6.07) is 18.0. The van der Waals surface area contributed by atoms with Crippen LogP contribution in [0.1, 0.15) is 5.56 Å². The van der Waals surface area contributed by atoms with Crippen LogP contribution in [0.4, 0.5) is 5.69 Å². The standard InChI is InChI=1S/C24H22Cl2N2O5S/c1-32-19-7-9-20(10-8-19)34(30,31)28-15-23(33-22-11-6-18(26)14-21(22)28)24(29)27-13-12-16-2-4-17(25)5-3-16/h2-11,14,23H,12-13,15H2,1H3,(H,27,29)/t23-/m1/s1. The number of nitrogens with one attached hydrogen (secondary N) is 1. The van der Waals surface area contributed by atoms with E-state index < -0.39 is 22.0 Å². The predicted octanol–water partition coefficient (Wildman–Crippen LogP) is 4.32. The van der Waals surface area contributed by atoms with Gasteiger partial charge in [-0.25, -0.2) is 8.42 Å². The Morgan fingerprint density at radius 3 is 2.41 bits per heavy atom. The van der Waals surface area contributed by atoms with E-state index in [1.165, 1.54) is 25.3 Å². The first kappa shape index (κ1) is 24.2. The predicted molar refractivity (Wildman–Crippen MR) is 132 cm³/mol. The number of anilines is 1. The second-order valence-electron chi connectivity index (χ2n) is 7.60. The summed E-state index contributed by atoms with van der Waals surface area (Å²) in [5, 5.41) is 3.81. The van der Waals surface area contributed by atoms with Crippen LogP contribution in [-0.4, -0.2) is 40.6 Å². The van der Waals surface area contributed by atoms with Crippen LogP contribution in [0.5, 0.6) is 11.5 Å². The first-order chi connectivity index (χ1) is 16.3. The third-order valence-corrected chi connectivity index (χ3v) is 7.64. The maximum Gasteiger partial charge on any atom is 0.264 e. The molecule has 1 atom stereocenters. The summed E-state index contributed by atoms with van der Waals surface area (Å²) in [4.78, 5) is 12.9. The Balaban J connectivity index is 1.55. The van der Waals surface area contributed by atoms with E-state index in [4.69, 9.17) is 32.7 Å². The molecule has 178 valence electrons. The normalized spacial score (nSPS) is 15.3. The molecule has 3 aromatic rings. The third kappa shape index (κ3) is 5.24. The van der Waals surface area contributed by atoms with Crippen molar-refractivity contribution >= 4 is 44.8 Å². The van der Waals surface area contributed by atoms with Crippen LogP contribution in [0, 0.1) is 0 Å². The highest BCUT2D eigenvalue weighted by atomic mass is 35.5. The van der Waals surface area contributed by atoms with Crippen molar-refractivity contribution in [1.29, 1.82) is 0 Å². The molecule has 4 rings (SSSR count). The summed E-state index contributed by atoms with van der Waals surface area (Å²) >= 11 is 12.0. The Morgan fingerprint density at radius 1 is 1.06 bits per heavy atom. The van der Waals surface area contributed by atoms with Crippen molar-refractivity contribution in [1.82, 2.24) is 5.32 Å². The Bertz CT molecular complexity index is 1280. The molecular weight excluding hydrogens is 499 g/mol. The van der Waals surface area contributed by atoms with Gasteiger partial charge in [-0.3, -0.25) is 9.10 Å². The number of hydrogen-bond acceptors (Lipinski definition) is 5. The number of ether oxygens (including phenoxy) is 2. The SMILES string of the molecule is COc1ccc(S(=O)(=O)N2C[C@H](C(=O)NCCc3ccc(Cl)cc3)Oc3ccc(Cl)cc32)cc1. The van der Waals surface area contributed by atoms with Crippen LogP contribution in [0.25, 0.3) is 0 Å². The summed E-state index contributed by atoms with van der Waals surface area (Å²) in [5.41, 5.74) is 1.28. The van der Waals surface area contributed by atoms with Crippen molar-refractivity contribution in [2.45, 2.75) is 17.4 Å². The van der Waals surface area contributed by atoms with Crippen molar-refractivity contribution in [3.8, 4) is 11.5 Å². The topological polar surface area (TPSA) is 84.9 Å². The zero-order chi connectivity index (χ0) is 24.3. The minimum atomic E-state index is -4.00. The number of nitrogens with zero attached hydrogens (tertiary/aromatic N) is 1. The maximum atomic E-state index is 13.5. The molecule has 0 aliphatic carbocycles. The summed E-state index contributed by atoms with van der Waals surface area (Å²) in [5.74, 6) is 0.373. The summed E-state index contributed by atoms with van der Waals surface area (Å²) in [6.07, 6.45) is -0.442. The number of carbonyl (C=O) groups excluding carboxylic acids is 1. The molecule has 0 saturated heterocycles. The van der Waals surface area contributed by atoms with E-state index in [1.807, 2.05) is 12.1 Å². The molecule has 1 aliphatic rings. The number of amides is 1. The quantitative estimate of drug-likeness (QED) is 0.501. The average Bonchev–Trinajstić information content (AvgIpc) is 2.84. The van der Waals surface area contributed by atoms with Crippen LogP contribution in [0.2, 0.25) is 10.0 Å². The zero-order valence-electron chi connectivity index (χ0n) is 18.2. The first-order valence-electron chi connectivity index (χ1n) is 10.4. The molecule has 0 radical (unpaired) electrons. The van der Waals surface area contributed by atoms with Crippen molar-refractivity contribution in [3.05, 3.63) is 82.3 Å². The summed E-state index contributed by atoms with van der Waals surface area (Å²) in [6.45, 7) is 0.160. The molecule has 0 fully saturated rings. The van der Waals surface area contributed by atoms with E-state index in [9.17, 15) is 13.2 Å². The lowest BCUT2D eigenvalue weighted by Crippen LogP contribution is -2.51. The lowest BCUT2D eigenvalue weighted by molar-refractivity contribution is -0.127. The van der Waals surface area contributed by atoms with Crippen molar-refractivity contribution in [2.24, 2.45) is 0 Å². The van der Waals surface area contributed by atoms with Gasteiger partial charge < -0.3 is 14.8 Å². The van der Waals surface area contributed by atoms with E-state index in [-0.39, 0.29) is 22.9 Å². The van der Waals surface area contributed by atoms with E-state index in [2.05, 4.69) is 5.32 Å². The Morgan fingerprint density at radius 2 is 1.74 bits per heavy atom. The number of sulfonamides is 1. The first-order valence-corrected chi connectivity index (χ1v) is 12.6. The third-order valence-electron chi connectivity index (χ3n) is 5.36. The van der Waals surface area contributed by atoms with E-state index >= 15 is 0 Å². The largest absolute Gasteiger partial charge is 0.497 e. The molecule has 10 heteroatoms. The maximum absolute atomic E-state index is 13.5. The monoisotopic (exact) mass is 520 g/mol. The fourth-order valence-corrected chi connectivity index (χ4v) is 5.32. The van der Waals surface area contributed by atoms with Gasteiger partial charge in [0.2, 0.25) is 0 Å². The molecule has 1 heterocycles. The van der Waals surface area contributed by atoms with Crippen molar-refractivity contribution in [3.63, 3.8) is 0 Å². The van der Waals surface area contributed by atoms with Gasteiger partial charge in [0, 0.05) is 16.6 Å². The summed E-state index contributed by atoms with van der Waals surface area (Å²) < 4.78 is 39.1. The molecule has 0 spiro atoms. The molecule has 7 nitrogen and oxygen atoms in total. The highest BCUT2D eigenvalue weighted by Gasteiger charge is 2.37. The van der Waals surface area contributed by atoms with Gasteiger partial charge in [0.05, 0.1) is 24.2 Å². The number of halogens is 2. The second kappa shape index (κ2) is 10.1. The van der Waals surface area contributed by atoms with E-state index in [0.29, 0.717) is 28.8 Å². The van der Waals surface area contributed by atoms with E-state index in [1.54, 1.807) is 36.4 Å². The highest BCUT2D eigenvalue weighted by molar-refractivity contribution is 7.92. The van der Waals surface area contributed by atoms with Crippen LogP contribution >= 0.6 is 23.2 Å². The number of hydrogen-bond donors (Lipinski definition) is 1. The van der Waals surface area contributed by atoms with Gasteiger partial charge in [0.25, 0.3) is 15.9 Å². The molecule has 0 aromatic heterocycles. The molecule has 1 N–H and O–H groups in total. The number of fused-ring (bicyclic) bond motifs is 1. The average molecular weight is 521 g/mol. The Labute approximate surface area is 208 Å². The van der Waals surface area contributed by atoms with Crippen LogP contribution < -0.4 is 19.1 Å². The van der Waals surface area contributed by atoms with Crippen LogP contribution in [0.3, 0.4) is 0 Å². The molecule has 1 amide bonds. The van der Waals surface area contributed by atoms with E-state index in [0.717, 1.165) is 9.87 Å². The molecule has 0 unspecified atom stereocenters. The fraction of sp³-hybridized carbons (Fsp3) is 0.208. The molecular formula is C24H22Cl2N2O5S. The summed E-state index contributed by atoms with van der Waals surface area (Å²) in [7, 11) is -2.50. The highest BCUT2D eigenvalue weighted by Crippen LogP contribution is 2.39. The molecule has 3 aromatic carbocycles. The number of carbonyl (C=O) groups is 1. The Hall–Kier alpha value is -2.94. The zero-order valence-corrected chi connectivity index (χ0v) is 20.5. The van der Waals surface area contributed by atoms with Crippen molar-refractivity contribution < 1.29 is 22.7 Å². The number of benzene rings is 3. The minimum absolute atomic E-state index is 0.0584. The molecule has 0 bridgehead atoms. The van der Waals surface area contributed by atoms with Gasteiger partial charge >= 0.3 is 0 Å². The Kier molecular flexibility index (Phi) is 7.21. The van der Waals surface area contributed by atoms with Gasteiger partial charge in [-0.1, -0.05) is 35.3 Å². The lowest BCUT2D eigenvalue weighted by Gasteiger charge is -2.35. The smallest absolute Gasteiger partial charge is 0.264 e. The van der Waals surface area contributed by atoms with Crippen molar-refractivity contribution in [2.75, 3.05) is 24.5 Å². The van der Waals surface area contributed by atoms with Gasteiger partial charge in [0.15, 0.2) is 6.10 Å². The van der Waals surface area contributed by atoms with Gasteiger partial charge in [0.1, 0.15) is 11.5 Å². The number of rotatable bonds is 7. The molecule has 0 saturated carbocycles. The van der Waals surface area contributed by atoms with Gasteiger partial charge in [-0.05, 0) is 66.6 Å². The van der Waals surface area contributed by atoms with Crippen LogP contribution in [0.15, 0.2) is 71.6 Å². The van der Waals surface area contributed by atoms with Gasteiger partial charge in [-0.2, -0.15) is 0 Å². The van der Waals surface area contributed by atoms with Crippen LogP contribution in [-0.2, 0) is 21.2 Å². The number of methoxy groups -OCH3 is 1. The molecule has 1 aliphatic heterocycles. The molecule has 34 heavy (non-hydrogen) atoms. The van der Waals surface area contributed by atoms with Gasteiger partial charge in [-0.15, -0.1) is 0 Å². The second-order valence-corrected chi connectivity index (χ2v) is 10.3. The lowest BCUT2D eigenvalue weighted by atomic mass is 10.1. The fourth-order valence-electron chi connectivity index (χ4n) is 3.56.